The number of hydrogen-bond donors (Lipinski definition) is 2. The van der Waals surface area contributed by atoms with E-state index in [-0.39, 0.29) is 28.6 Å². The van der Waals surface area contributed by atoms with Gasteiger partial charge < -0.3 is 15.1 Å². The number of Topliss-reactive ketones (excluding diaryl/α,β-unsaturated/α-hetero) is 1. The Bertz CT molecular complexity index is 1040. The highest BCUT2D eigenvalue weighted by Gasteiger charge is 2.28. The highest BCUT2D eigenvalue weighted by Crippen LogP contribution is 2.25. The lowest BCUT2D eigenvalue weighted by Gasteiger charge is -2.31. The van der Waals surface area contributed by atoms with Crippen LogP contribution in [0.5, 0.6) is 5.75 Å². The number of carbonyl (C=O) groups excluding carboxylic acids is 1. The zero-order valence-corrected chi connectivity index (χ0v) is 17.7. The number of nitrogens with zero attached hydrogens (tertiary/aromatic N) is 3. The van der Waals surface area contributed by atoms with Gasteiger partial charge in [-0.05, 0) is 64.3 Å². The second-order valence-corrected chi connectivity index (χ2v) is 8.54. The first-order valence-electron chi connectivity index (χ1n) is 10.9. The number of halogens is 1. The molecule has 2 aliphatic heterocycles. The molecule has 7 nitrogen and oxygen atoms in total. The number of ketones is 1. The molecule has 1 aromatic carbocycles. The number of likely N-dealkylation sites (tertiary alicyclic amines) is 1. The van der Waals surface area contributed by atoms with Crippen LogP contribution in [0.1, 0.15) is 59.2 Å². The quantitative estimate of drug-likeness (QED) is 0.709. The molecule has 8 heteroatoms. The molecule has 1 fully saturated rings. The van der Waals surface area contributed by atoms with Crippen LogP contribution < -0.4 is 5.56 Å². The van der Waals surface area contributed by atoms with Gasteiger partial charge in [0.1, 0.15) is 23.5 Å². The Hall–Kier alpha value is -2.58. The van der Waals surface area contributed by atoms with E-state index in [0.717, 1.165) is 12.5 Å². The van der Waals surface area contributed by atoms with Crippen molar-refractivity contribution in [2.24, 2.45) is 5.92 Å². The largest absolute Gasteiger partial charge is 0.508 e. The SMILES string of the molecule is Cc1nc2n(c(=O)c1CCN1CCC(C(=O)c3ccc(O)cc3F)CC1)CCCC2O. The third-order valence-electron chi connectivity index (χ3n) is 6.51. The van der Waals surface area contributed by atoms with Crippen LogP contribution in [0.15, 0.2) is 23.0 Å². The van der Waals surface area contributed by atoms with Gasteiger partial charge in [0.15, 0.2) is 5.78 Å². The summed E-state index contributed by atoms with van der Waals surface area (Å²) in [5.41, 5.74) is 1.32. The average molecular weight is 429 g/mol. The number of phenols is 1. The molecule has 2 N–H and O–H groups in total. The number of rotatable bonds is 5. The van der Waals surface area contributed by atoms with Crippen LogP contribution >= 0.6 is 0 Å². The van der Waals surface area contributed by atoms with Gasteiger partial charge in [0.2, 0.25) is 0 Å². The minimum Gasteiger partial charge on any atom is -0.508 e. The van der Waals surface area contributed by atoms with E-state index in [9.17, 15) is 24.2 Å². The number of phenolic OH excluding ortho intramolecular Hbond substituents is 1. The molecule has 1 unspecified atom stereocenters. The zero-order valence-electron chi connectivity index (χ0n) is 17.7. The second kappa shape index (κ2) is 8.88. The average Bonchev–Trinajstić information content (AvgIpc) is 2.74. The van der Waals surface area contributed by atoms with Crippen molar-refractivity contribution in [1.82, 2.24) is 14.5 Å². The normalized spacial score (nSPS) is 19.9. The molecule has 1 saturated heterocycles. The number of hydrogen-bond acceptors (Lipinski definition) is 6. The minimum atomic E-state index is -0.687. The maximum atomic E-state index is 14.0. The van der Waals surface area contributed by atoms with E-state index in [1.165, 1.54) is 12.1 Å². The van der Waals surface area contributed by atoms with Crippen LogP contribution in [0.2, 0.25) is 0 Å². The summed E-state index contributed by atoms with van der Waals surface area (Å²) in [4.78, 5) is 32.3. The third kappa shape index (κ3) is 4.41. The maximum absolute atomic E-state index is 14.0. The molecular formula is C23H28FN3O4. The lowest BCUT2D eigenvalue weighted by Crippen LogP contribution is -2.39. The molecule has 0 aliphatic carbocycles. The number of benzene rings is 1. The fourth-order valence-electron chi connectivity index (χ4n) is 4.66. The van der Waals surface area contributed by atoms with Crippen LogP contribution in [0, 0.1) is 18.7 Å². The van der Waals surface area contributed by atoms with Gasteiger partial charge in [-0.25, -0.2) is 9.37 Å². The van der Waals surface area contributed by atoms with Crippen molar-refractivity contribution in [2.45, 2.75) is 51.7 Å². The standard InChI is InChI=1S/C23H28FN3O4/c1-14-17(23(31)27-9-2-3-20(29)22(27)25-14)8-12-26-10-6-15(7-11-26)21(30)18-5-4-16(28)13-19(18)24/h4-5,13,15,20,28-29H,2-3,6-12H2,1H3. The molecule has 2 aromatic rings. The topological polar surface area (TPSA) is 95.7 Å². The third-order valence-corrected chi connectivity index (χ3v) is 6.51. The minimum absolute atomic E-state index is 0.0298. The van der Waals surface area contributed by atoms with Gasteiger partial charge in [0.25, 0.3) is 5.56 Å². The van der Waals surface area contributed by atoms with E-state index in [1.54, 1.807) is 4.57 Å². The number of aliphatic hydroxyl groups excluding tert-OH is 1. The van der Waals surface area contributed by atoms with Crippen molar-refractivity contribution in [3.05, 3.63) is 57.0 Å². The smallest absolute Gasteiger partial charge is 0.257 e. The Morgan fingerprint density at radius 1 is 1.23 bits per heavy atom. The number of fused-ring (bicyclic) bond motifs is 1. The number of aromatic nitrogens is 2. The summed E-state index contributed by atoms with van der Waals surface area (Å²) >= 11 is 0. The van der Waals surface area contributed by atoms with Gasteiger partial charge in [-0.3, -0.25) is 14.2 Å². The number of piperidine rings is 1. The van der Waals surface area contributed by atoms with Crippen molar-refractivity contribution in [3.8, 4) is 5.75 Å². The van der Waals surface area contributed by atoms with Crippen LogP contribution in [-0.4, -0.2) is 50.1 Å². The Morgan fingerprint density at radius 3 is 2.68 bits per heavy atom. The van der Waals surface area contributed by atoms with Gasteiger partial charge in [0, 0.05) is 36.3 Å². The summed E-state index contributed by atoms with van der Waals surface area (Å²) in [6, 6.07) is 3.64. The van der Waals surface area contributed by atoms with E-state index in [0.29, 0.717) is 68.9 Å². The molecule has 166 valence electrons. The molecule has 0 spiro atoms. The summed E-state index contributed by atoms with van der Waals surface area (Å²) in [6.45, 7) is 4.50. The van der Waals surface area contributed by atoms with Crippen LogP contribution in [0.3, 0.4) is 0 Å². The molecule has 1 aromatic heterocycles. The molecular weight excluding hydrogens is 401 g/mol. The van der Waals surface area contributed by atoms with Crippen molar-refractivity contribution >= 4 is 5.78 Å². The molecule has 2 aliphatic rings. The fraction of sp³-hybridized carbons (Fsp3) is 0.522. The van der Waals surface area contributed by atoms with Gasteiger partial charge in [-0.2, -0.15) is 0 Å². The number of aliphatic hydroxyl groups is 1. The number of aromatic hydroxyl groups is 1. The molecule has 4 rings (SSSR count). The summed E-state index contributed by atoms with van der Waals surface area (Å²) in [7, 11) is 0. The number of aryl methyl sites for hydroxylation is 1. The van der Waals surface area contributed by atoms with Crippen molar-refractivity contribution in [2.75, 3.05) is 19.6 Å². The maximum Gasteiger partial charge on any atom is 0.257 e. The van der Waals surface area contributed by atoms with E-state index in [4.69, 9.17) is 0 Å². The van der Waals surface area contributed by atoms with Crippen molar-refractivity contribution in [3.63, 3.8) is 0 Å². The van der Waals surface area contributed by atoms with Crippen molar-refractivity contribution in [1.29, 1.82) is 0 Å². The van der Waals surface area contributed by atoms with Gasteiger partial charge in [-0.15, -0.1) is 0 Å². The van der Waals surface area contributed by atoms with E-state index in [1.807, 2.05) is 6.92 Å². The van der Waals surface area contributed by atoms with Crippen LogP contribution in [0.25, 0.3) is 0 Å². The predicted octanol–water partition coefficient (Wildman–Crippen LogP) is 2.36. The summed E-state index contributed by atoms with van der Waals surface area (Å²) < 4.78 is 15.6. The van der Waals surface area contributed by atoms with Crippen molar-refractivity contribution < 1.29 is 19.4 Å². The van der Waals surface area contributed by atoms with E-state index >= 15 is 0 Å². The lowest BCUT2D eigenvalue weighted by molar-refractivity contribution is 0.0836. The Kier molecular flexibility index (Phi) is 6.20. The molecule has 1 atom stereocenters. The molecule has 0 amide bonds. The molecule has 0 radical (unpaired) electrons. The Balaban J connectivity index is 1.37. The fourth-order valence-corrected chi connectivity index (χ4v) is 4.66. The van der Waals surface area contributed by atoms with Crippen LogP contribution in [0.4, 0.5) is 4.39 Å². The zero-order chi connectivity index (χ0) is 22.1. The second-order valence-electron chi connectivity index (χ2n) is 8.54. The van der Waals surface area contributed by atoms with Gasteiger partial charge >= 0.3 is 0 Å². The van der Waals surface area contributed by atoms with Gasteiger partial charge in [-0.1, -0.05) is 0 Å². The highest BCUT2D eigenvalue weighted by atomic mass is 19.1. The van der Waals surface area contributed by atoms with Gasteiger partial charge in [0.05, 0.1) is 5.56 Å². The molecule has 3 heterocycles. The Labute approximate surface area is 180 Å². The van der Waals surface area contributed by atoms with E-state index in [2.05, 4.69) is 9.88 Å². The summed E-state index contributed by atoms with van der Waals surface area (Å²) in [5, 5.41) is 19.5. The predicted molar refractivity (Wildman–Crippen MR) is 113 cm³/mol. The highest BCUT2D eigenvalue weighted by molar-refractivity contribution is 5.98. The first-order chi connectivity index (χ1) is 14.8. The molecule has 0 saturated carbocycles. The molecule has 0 bridgehead atoms. The van der Waals surface area contributed by atoms with Crippen LogP contribution in [-0.2, 0) is 13.0 Å². The Morgan fingerprint density at radius 2 is 1.97 bits per heavy atom. The molecule has 31 heavy (non-hydrogen) atoms. The first kappa shape index (κ1) is 21.6. The summed E-state index contributed by atoms with van der Waals surface area (Å²) in [5.74, 6) is -0.869. The first-order valence-corrected chi connectivity index (χ1v) is 10.9. The number of carbonyl (C=O) groups is 1. The summed E-state index contributed by atoms with van der Waals surface area (Å²) in [6.07, 6.45) is 2.55. The lowest BCUT2D eigenvalue weighted by atomic mass is 9.88. The monoisotopic (exact) mass is 429 g/mol. The van der Waals surface area contributed by atoms with E-state index < -0.39 is 11.9 Å².